The Labute approximate surface area is 218 Å². The molecule has 0 bridgehead atoms. The van der Waals surface area contributed by atoms with Gasteiger partial charge in [-0.15, -0.1) is 0 Å². The van der Waals surface area contributed by atoms with E-state index in [0.717, 1.165) is 26.5 Å². The van der Waals surface area contributed by atoms with Crippen molar-refractivity contribution in [2.75, 3.05) is 17.5 Å². The average Bonchev–Trinajstić information content (AvgIpc) is 3.12. The Bertz CT molecular complexity index is 1580. The predicted octanol–water partition coefficient (Wildman–Crippen LogP) is 6.07. The van der Waals surface area contributed by atoms with Crippen LogP contribution < -0.4 is 4.31 Å². The van der Waals surface area contributed by atoms with Gasteiger partial charge < -0.3 is 9.72 Å². The van der Waals surface area contributed by atoms with Gasteiger partial charge in [-0.1, -0.05) is 70.0 Å². The summed E-state index contributed by atoms with van der Waals surface area (Å²) in [6, 6.07) is 22.2. The lowest BCUT2D eigenvalue weighted by atomic mass is 9.84. The van der Waals surface area contributed by atoms with Crippen molar-refractivity contribution in [1.29, 1.82) is 0 Å². The quantitative estimate of drug-likeness (QED) is 0.298. The summed E-state index contributed by atoms with van der Waals surface area (Å²) in [5, 5.41) is 0.828. The molecule has 0 aliphatic carbocycles. The Balaban J connectivity index is 1.82. The fourth-order valence-electron chi connectivity index (χ4n) is 4.67. The maximum Gasteiger partial charge on any atom is 0.334 e. The SMILES string of the molecule is CCOC(=O)C1=CCN(S(=O)(=O)c2ccc(C)cc2)c2[nH]c3ccc(Br)cc3c2C1c1ccccc1. The van der Waals surface area contributed by atoms with Crippen LogP contribution in [0.5, 0.6) is 0 Å². The van der Waals surface area contributed by atoms with E-state index >= 15 is 0 Å². The number of nitrogens with one attached hydrogen (secondary N) is 1. The molecule has 0 saturated heterocycles. The summed E-state index contributed by atoms with van der Waals surface area (Å²) in [6.45, 7) is 3.87. The van der Waals surface area contributed by atoms with Gasteiger partial charge in [0, 0.05) is 32.4 Å². The second-order valence-corrected chi connectivity index (χ2v) is 11.4. The van der Waals surface area contributed by atoms with Crippen molar-refractivity contribution in [3.63, 3.8) is 0 Å². The van der Waals surface area contributed by atoms with Crippen LogP contribution >= 0.6 is 15.9 Å². The van der Waals surface area contributed by atoms with Crippen LogP contribution in [-0.2, 0) is 19.6 Å². The number of fused-ring (bicyclic) bond motifs is 3. The number of benzene rings is 3. The summed E-state index contributed by atoms with van der Waals surface area (Å²) in [5.74, 6) is -0.550. The van der Waals surface area contributed by atoms with Crippen LogP contribution in [0.1, 0.15) is 29.5 Å². The topological polar surface area (TPSA) is 79.5 Å². The molecule has 3 aromatic carbocycles. The number of ether oxygens (including phenoxy) is 1. The molecule has 5 rings (SSSR count). The molecule has 4 aromatic rings. The molecule has 0 fully saturated rings. The summed E-state index contributed by atoms with van der Waals surface area (Å²) < 4.78 is 35.5. The Morgan fingerprint density at radius 1 is 1.08 bits per heavy atom. The number of hydrogen-bond acceptors (Lipinski definition) is 4. The Morgan fingerprint density at radius 3 is 2.50 bits per heavy atom. The second-order valence-electron chi connectivity index (χ2n) is 8.65. The van der Waals surface area contributed by atoms with Crippen LogP contribution in [0.2, 0.25) is 0 Å². The first kappa shape index (κ1) is 24.3. The number of sulfonamides is 1. The molecule has 1 aromatic heterocycles. The highest BCUT2D eigenvalue weighted by molar-refractivity contribution is 9.10. The number of hydrogen-bond donors (Lipinski definition) is 1. The molecule has 1 atom stereocenters. The molecule has 1 aliphatic rings. The Kier molecular flexibility index (Phi) is 6.49. The van der Waals surface area contributed by atoms with Crippen molar-refractivity contribution in [2.45, 2.75) is 24.7 Å². The lowest BCUT2D eigenvalue weighted by Crippen LogP contribution is -2.31. The van der Waals surface area contributed by atoms with E-state index < -0.39 is 21.9 Å². The lowest BCUT2D eigenvalue weighted by Gasteiger charge is -2.23. The molecule has 184 valence electrons. The molecule has 1 N–H and O–H groups in total. The van der Waals surface area contributed by atoms with E-state index in [1.165, 1.54) is 4.31 Å². The monoisotopic (exact) mass is 564 g/mol. The van der Waals surface area contributed by atoms with E-state index in [0.29, 0.717) is 17.0 Å². The van der Waals surface area contributed by atoms with Crippen molar-refractivity contribution in [3.8, 4) is 0 Å². The van der Waals surface area contributed by atoms with Crippen LogP contribution in [-0.4, -0.2) is 32.5 Å². The summed E-state index contributed by atoms with van der Waals surface area (Å²) in [5.41, 5.74) is 3.73. The molecule has 6 nitrogen and oxygen atoms in total. The van der Waals surface area contributed by atoms with Gasteiger partial charge in [0.1, 0.15) is 5.82 Å². The minimum Gasteiger partial charge on any atom is -0.463 e. The van der Waals surface area contributed by atoms with Crippen LogP contribution in [0, 0.1) is 6.92 Å². The second kappa shape index (κ2) is 9.59. The van der Waals surface area contributed by atoms with Gasteiger partial charge in [0.15, 0.2) is 0 Å². The number of carbonyl (C=O) groups is 1. The van der Waals surface area contributed by atoms with Gasteiger partial charge in [-0.2, -0.15) is 0 Å². The van der Waals surface area contributed by atoms with Crippen molar-refractivity contribution in [1.82, 2.24) is 4.98 Å². The van der Waals surface area contributed by atoms with E-state index in [1.807, 2.05) is 55.5 Å². The first-order valence-corrected chi connectivity index (χ1v) is 13.9. The zero-order valence-corrected chi connectivity index (χ0v) is 22.3. The number of aryl methyl sites for hydroxylation is 1. The highest BCUT2D eigenvalue weighted by atomic mass is 79.9. The van der Waals surface area contributed by atoms with Crippen LogP contribution in [0.25, 0.3) is 10.9 Å². The van der Waals surface area contributed by atoms with Crippen molar-refractivity contribution in [3.05, 3.63) is 106 Å². The van der Waals surface area contributed by atoms with Crippen LogP contribution in [0.3, 0.4) is 0 Å². The first-order valence-electron chi connectivity index (χ1n) is 11.6. The third-order valence-electron chi connectivity index (χ3n) is 6.36. The number of anilines is 1. The zero-order chi connectivity index (χ0) is 25.4. The van der Waals surface area contributed by atoms with E-state index in [4.69, 9.17) is 4.74 Å². The molecule has 1 aliphatic heterocycles. The van der Waals surface area contributed by atoms with Gasteiger partial charge in [-0.25, -0.2) is 17.5 Å². The van der Waals surface area contributed by atoms with Gasteiger partial charge in [0.25, 0.3) is 10.0 Å². The fraction of sp³-hybridized carbons (Fsp3) is 0.179. The number of halogens is 1. The van der Waals surface area contributed by atoms with Gasteiger partial charge in [-0.3, -0.25) is 0 Å². The number of rotatable bonds is 5. The molecule has 8 heteroatoms. The lowest BCUT2D eigenvalue weighted by molar-refractivity contribution is -0.138. The fourth-order valence-corrected chi connectivity index (χ4v) is 6.42. The Hall–Kier alpha value is -3.36. The molecular formula is C28H25BrN2O4S. The van der Waals surface area contributed by atoms with Gasteiger partial charge in [0.2, 0.25) is 0 Å². The summed E-state index contributed by atoms with van der Waals surface area (Å²) in [7, 11) is -3.95. The standard InChI is InChI=1S/C28H25BrN2O4S/c1-3-35-28(32)22-15-16-31(36(33,34)21-12-9-18(2)10-13-21)27-26(25(22)19-7-5-4-6-8-19)23-17-20(29)11-14-24(23)30-27/h4-15,17,25,30H,3,16H2,1-2H3. The number of H-pyrrole nitrogens is 1. The summed E-state index contributed by atoms with van der Waals surface area (Å²) in [6.07, 6.45) is 1.68. The van der Waals surface area contributed by atoms with Crippen molar-refractivity contribution in [2.24, 2.45) is 0 Å². The van der Waals surface area contributed by atoms with Crippen molar-refractivity contribution < 1.29 is 17.9 Å². The smallest absolute Gasteiger partial charge is 0.334 e. The van der Waals surface area contributed by atoms with E-state index in [9.17, 15) is 13.2 Å². The molecular weight excluding hydrogens is 540 g/mol. The third kappa shape index (κ3) is 4.24. The van der Waals surface area contributed by atoms with E-state index in [-0.39, 0.29) is 18.0 Å². The number of esters is 1. The molecule has 36 heavy (non-hydrogen) atoms. The van der Waals surface area contributed by atoms with Crippen molar-refractivity contribution >= 4 is 48.6 Å². The number of carbonyl (C=O) groups excluding carboxylic acids is 1. The van der Waals surface area contributed by atoms with Gasteiger partial charge in [-0.05, 0) is 49.7 Å². The molecule has 0 radical (unpaired) electrons. The Morgan fingerprint density at radius 2 is 1.81 bits per heavy atom. The molecule has 2 heterocycles. The largest absolute Gasteiger partial charge is 0.463 e. The molecule has 1 unspecified atom stereocenters. The van der Waals surface area contributed by atoms with Gasteiger partial charge >= 0.3 is 5.97 Å². The highest BCUT2D eigenvalue weighted by Crippen LogP contribution is 2.46. The predicted molar refractivity (Wildman–Crippen MR) is 145 cm³/mol. The average molecular weight is 565 g/mol. The van der Waals surface area contributed by atoms with Crippen LogP contribution in [0.15, 0.2) is 93.8 Å². The zero-order valence-electron chi connectivity index (χ0n) is 19.9. The molecule has 0 saturated carbocycles. The number of aromatic nitrogens is 1. The minimum atomic E-state index is -3.95. The summed E-state index contributed by atoms with van der Waals surface area (Å²) >= 11 is 3.56. The maximum atomic E-state index is 14.0. The minimum absolute atomic E-state index is 0.0192. The maximum absolute atomic E-state index is 14.0. The number of nitrogens with zero attached hydrogens (tertiary/aromatic N) is 1. The molecule has 0 spiro atoms. The van der Waals surface area contributed by atoms with E-state index in [1.54, 1.807) is 37.3 Å². The molecule has 0 amide bonds. The normalized spacial score (nSPS) is 15.8. The number of aromatic amines is 1. The first-order chi connectivity index (χ1) is 17.3. The summed E-state index contributed by atoms with van der Waals surface area (Å²) in [4.78, 5) is 16.8. The highest BCUT2D eigenvalue weighted by Gasteiger charge is 2.38. The van der Waals surface area contributed by atoms with Crippen LogP contribution in [0.4, 0.5) is 5.82 Å². The van der Waals surface area contributed by atoms with E-state index in [2.05, 4.69) is 20.9 Å². The van der Waals surface area contributed by atoms with Gasteiger partial charge in [0.05, 0.1) is 18.0 Å². The third-order valence-corrected chi connectivity index (χ3v) is 8.63.